The predicted octanol–water partition coefficient (Wildman–Crippen LogP) is 3.35. The fraction of sp³-hybridized carbons (Fsp3) is 0.364. The van der Waals surface area contributed by atoms with E-state index in [0.29, 0.717) is 19.5 Å². The van der Waals surface area contributed by atoms with Gasteiger partial charge in [0, 0.05) is 25.2 Å². The zero-order valence-electron chi connectivity index (χ0n) is 15.3. The SMILES string of the molecule is CCc1ccc(N2C[C@@H](C(=O)NCCCc3ccccc3)CC2=O)cc1. The van der Waals surface area contributed by atoms with Gasteiger partial charge in [-0.05, 0) is 42.5 Å². The summed E-state index contributed by atoms with van der Waals surface area (Å²) in [4.78, 5) is 26.4. The van der Waals surface area contributed by atoms with Crippen LogP contribution < -0.4 is 10.2 Å². The van der Waals surface area contributed by atoms with Crippen LogP contribution >= 0.6 is 0 Å². The molecule has 136 valence electrons. The van der Waals surface area contributed by atoms with Crippen LogP contribution in [0.25, 0.3) is 0 Å². The molecule has 1 atom stereocenters. The lowest BCUT2D eigenvalue weighted by Gasteiger charge is -2.17. The zero-order chi connectivity index (χ0) is 18.4. The van der Waals surface area contributed by atoms with E-state index in [9.17, 15) is 9.59 Å². The largest absolute Gasteiger partial charge is 0.356 e. The number of rotatable bonds is 7. The van der Waals surface area contributed by atoms with E-state index in [0.717, 1.165) is 24.9 Å². The lowest BCUT2D eigenvalue weighted by atomic mass is 10.1. The average molecular weight is 350 g/mol. The van der Waals surface area contributed by atoms with Crippen molar-refractivity contribution in [2.45, 2.75) is 32.6 Å². The molecule has 0 unspecified atom stereocenters. The van der Waals surface area contributed by atoms with E-state index in [1.807, 2.05) is 42.5 Å². The van der Waals surface area contributed by atoms with Gasteiger partial charge in [0.1, 0.15) is 0 Å². The molecule has 1 aliphatic heterocycles. The summed E-state index contributed by atoms with van der Waals surface area (Å²) in [5.74, 6) is -0.247. The topological polar surface area (TPSA) is 49.4 Å². The van der Waals surface area contributed by atoms with Crippen molar-refractivity contribution in [3.05, 3.63) is 65.7 Å². The van der Waals surface area contributed by atoms with Crippen molar-refractivity contribution in [3.8, 4) is 0 Å². The van der Waals surface area contributed by atoms with Gasteiger partial charge in [-0.15, -0.1) is 0 Å². The molecule has 3 rings (SSSR count). The number of hydrogen-bond donors (Lipinski definition) is 1. The first-order chi connectivity index (χ1) is 12.7. The van der Waals surface area contributed by atoms with Crippen LogP contribution in [-0.2, 0) is 22.4 Å². The van der Waals surface area contributed by atoms with Gasteiger partial charge in [0.25, 0.3) is 0 Å². The maximum atomic E-state index is 12.4. The normalized spacial score (nSPS) is 16.7. The fourth-order valence-corrected chi connectivity index (χ4v) is 3.34. The zero-order valence-corrected chi connectivity index (χ0v) is 15.3. The summed E-state index contributed by atoms with van der Waals surface area (Å²) in [6.07, 6.45) is 3.11. The van der Waals surface area contributed by atoms with Gasteiger partial charge in [-0.25, -0.2) is 0 Å². The maximum absolute atomic E-state index is 12.4. The Morgan fingerprint density at radius 3 is 2.50 bits per heavy atom. The van der Waals surface area contributed by atoms with Crippen molar-refractivity contribution >= 4 is 17.5 Å². The molecule has 0 aliphatic carbocycles. The number of amides is 2. The Morgan fingerprint density at radius 1 is 1.08 bits per heavy atom. The number of carbonyl (C=O) groups excluding carboxylic acids is 2. The van der Waals surface area contributed by atoms with E-state index in [-0.39, 0.29) is 17.7 Å². The molecule has 1 fully saturated rings. The molecule has 0 bridgehead atoms. The summed E-state index contributed by atoms with van der Waals surface area (Å²) in [6.45, 7) is 3.21. The number of nitrogens with one attached hydrogen (secondary N) is 1. The lowest BCUT2D eigenvalue weighted by Crippen LogP contribution is -2.33. The highest BCUT2D eigenvalue weighted by Crippen LogP contribution is 2.25. The fourth-order valence-electron chi connectivity index (χ4n) is 3.34. The Labute approximate surface area is 155 Å². The average Bonchev–Trinajstić information content (AvgIpc) is 3.08. The predicted molar refractivity (Wildman–Crippen MR) is 104 cm³/mol. The van der Waals surface area contributed by atoms with Crippen LogP contribution in [0.2, 0.25) is 0 Å². The van der Waals surface area contributed by atoms with E-state index in [2.05, 4.69) is 24.4 Å². The van der Waals surface area contributed by atoms with E-state index in [1.165, 1.54) is 11.1 Å². The Hall–Kier alpha value is -2.62. The van der Waals surface area contributed by atoms with E-state index < -0.39 is 0 Å². The summed E-state index contributed by atoms with van der Waals surface area (Å²) < 4.78 is 0. The first-order valence-electron chi connectivity index (χ1n) is 9.38. The first-order valence-corrected chi connectivity index (χ1v) is 9.38. The number of hydrogen-bond acceptors (Lipinski definition) is 2. The highest BCUT2D eigenvalue weighted by molar-refractivity contribution is 6.00. The summed E-state index contributed by atoms with van der Waals surface area (Å²) in [5.41, 5.74) is 3.40. The maximum Gasteiger partial charge on any atom is 0.227 e. The van der Waals surface area contributed by atoms with Crippen LogP contribution in [0, 0.1) is 5.92 Å². The van der Waals surface area contributed by atoms with Crippen molar-refractivity contribution in [1.82, 2.24) is 5.32 Å². The molecule has 0 saturated carbocycles. The van der Waals surface area contributed by atoms with Crippen molar-refractivity contribution in [2.24, 2.45) is 5.92 Å². The van der Waals surface area contributed by atoms with Crippen LogP contribution in [0.5, 0.6) is 0 Å². The lowest BCUT2D eigenvalue weighted by molar-refractivity contribution is -0.126. The number of aryl methyl sites for hydroxylation is 2. The van der Waals surface area contributed by atoms with Crippen LogP contribution in [-0.4, -0.2) is 24.9 Å². The molecule has 1 N–H and O–H groups in total. The highest BCUT2D eigenvalue weighted by Gasteiger charge is 2.34. The minimum Gasteiger partial charge on any atom is -0.356 e. The van der Waals surface area contributed by atoms with Crippen LogP contribution in [0.1, 0.15) is 30.9 Å². The number of anilines is 1. The number of nitrogens with zero attached hydrogens (tertiary/aromatic N) is 1. The van der Waals surface area contributed by atoms with Crippen molar-refractivity contribution in [2.75, 3.05) is 18.0 Å². The van der Waals surface area contributed by atoms with Crippen molar-refractivity contribution in [1.29, 1.82) is 0 Å². The molecule has 26 heavy (non-hydrogen) atoms. The summed E-state index contributed by atoms with van der Waals surface area (Å²) in [6, 6.07) is 18.3. The molecule has 0 aromatic heterocycles. The molecule has 1 heterocycles. The molecule has 2 aromatic rings. The minimum atomic E-state index is -0.259. The Bertz CT molecular complexity index is 740. The van der Waals surface area contributed by atoms with E-state index in [1.54, 1.807) is 4.90 Å². The van der Waals surface area contributed by atoms with Gasteiger partial charge in [-0.1, -0.05) is 49.4 Å². The third-order valence-corrected chi connectivity index (χ3v) is 4.94. The molecule has 0 radical (unpaired) electrons. The van der Waals surface area contributed by atoms with Gasteiger partial charge in [-0.2, -0.15) is 0 Å². The number of carbonyl (C=O) groups is 2. The standard InChI is InChI=1S/C22H26N2O2/c1-2-17-10-12-20(13-11-17)24-16-19(15-21(24)25)22(26)23-14-6-9-18-7-4-3-5-8-18/h3-5,7-8,10-13,19H,2,6,9,14-16H2,1H3,(H,23,26)/t19-/m0/s1. The quantitative estimate of drug-likeness (QED) is 0.779. The number of benzene rings is 2. The molecular weight excluding hydrogens is 324 g/mol. The van der Waals surface area contributed by atoms with Gasteiger partial charge in [0.05, 0.1) is 5.92 Å². The summed E-state index contributed by atoms with van der Waals surface area (Å²) in [5, 5.41) is 2.99. The van der Waals surface area contributed by atoms with Gasteiger partial charge < -0.3 is 10.2 Å². The third-order valence-electron chi connectivity index (χ3n) is 4.94. The minimum absolute atomic E-state index is 0.0147. The van der Waals surface area contributed by atoms with Crippen LogP contribution in [0.4, 0.5) is 5.69 Å². The third kappa shape index (κ3) is 4.51. The molecule has 2 aromatic carbocycles. The van der Waals surface area contributed by atoms with Crippen LogP contribution in [0.15, 0.2) is 54.6 Å². The van der Waals surface area contributed by atoms with Crippen molar-refractivity contribution < 1.29 is 9.59 Å². The smallest absolute Gasteiger partial charge is 0.227 e. The molecule has 4 heteroatoms. The highest BCUT2D eigenvalue weighted by atomic mass is 16.2. The van der Waals surface area contributed by atoms with Crippen LogP contribution in [0.3, 0.4) is 0 Å². The molecule has 1 aliphatic rings. The Balaban J connectivity index is 1.47. The van der Waals surface area contributed by atoms with Crippen molar-refractivity contribution in [3.63, 3.8) is 0 Å². The van der Waals surface area contributed by atoms with Gasteiger partial charge in [-0.3, -0.25) is 9.59 Å². The van der Waals surface area contributed by atoms with Gasteiger partial charge in [0.2, 0.25) is 11.8 Å². The van der Waals surface area contributed by atoms with Gasteiger partial charge >= 0.3 is 0 Å². The van der Waals surface area contributed by atoms with Gasteiger partial charge in [0.15, 0.2) is 0 Å². The monoisotopic (exact) mass is 350 g/mol. The first kappa shape index (κ1) is 18.2. The second kappa shape index (κ2) is 8.65. The Morgan fingerprint density at radius 2 is 1.81 bits per heavy atom. The second-order valence-electron chi connectivity index (χ2n) is 6.81. The molecule has 1 saturated heterocycles. The van der Waals surface area contributed by atoms with E-state index >= 15 is 0 Å². The molecule has 4 nitrogen and oxygen atoms in total. The summed E-state index contributed by atoms with van der Waals surface area (Å²) in [7, 11) is 0. The second-order valence-corrected chi connectivity index (χ2v) is 6.81. The Kier molecular flexibility index (Phi) is 6.05. The molecule has 0 spiro atoms. The van der Waals surface area contributed by atoms with E-state index in [4.69, 9.17) is 0 Å². The molecular formula is C22H26N2O2. The molecule has 2 amide bonds. The summed E-state index contributed by atoms with van der Waals surface area (Å²) >= 11 is 0.